The van der Waals surface area contributed by atoms with E-state index in [1.54, 1.807) is 4.68 Å². The highest BCUT2D eigenvalue weighted by atomic mass is 16.2. The van der Waals surface area contributed by atoms with Crippen molar-refractivity contribution in [1.29, 1.82) is 0 Å². The van der Waals surface area contributed by atoms with E-state index in [1.807, 2.05) is 36.1 Å². The van der Waals surface area contributed by atoms with Crippen LogP contribution in [0, 0.1) is 6.92 Å². The fourth-order valence-electron chi connectivity index (χ4n) is 3.60. The molecule has 7 nitrogen and oxygen atoms in total. The molecule has 2 aromatic rings. The summed E-state index contributed by atoms with van der Waals surface area (Å²) in [5.41, 5.74) is 1.82. The molecule has 2 heterocycles. The lowest BCUT2D eigenvalue weighted by atomic mass is 10.1. The molecule has 140 valence electrons. The van der Waals surface area contributed by atoms with Crippen LogP contribution >= 0.6 is 0 Å². The van der Waals surface area contributed by atoms with E-state index in [9.17, 15) is 4.79 Å². The normalized spacial score (nSPS) is 18.5. The first-order valence-corrected chi connectivity index (χ1v) is 9.36. The van der Waals surface area contributed by atoms with Crippen LogP contribution in [0.2, 0.25) is 0 Å². The van der Waals surface area contributed by atoms with Crippen LogP contribution in [0.3, 0.4) is 0 Å². The number of piperazine rings is 1. The van der Waals surface area contributed by atoms with E-state index in [0.717, 1.165) is 43.0 Å². The Bertz CT molecular complexity index is 739. The molecule has 1 aliphatic rings. The van der Waals surface area contributed by atoms with E-state index < -0.39 is 0 Å². The van der Waals surface area contributed by atoms with Gasteiger partial charge in [0, 0.05) is 37.3 Å². The number of nitrogens with zero attached hydrogens (tertiary/aromatic N) is 6. The highest BCUT2D eigenvalue weighted by molar-refractivity contribution is 5.94. The molecule has 1 saturated heterocycles. The predicted octanol–water partition coefficient (Wildman–Crippen LogP) is 1.97. The van der Waals surface area contributed by atoms with Gasteiger partial charge in [-0.3, -0.25) is 9.69 Å². The largest absolute Gasteiger partial charge is 0.336 e. The zero-order chi connectivity index (χ0) is 18.7. The third kappa shape index (κ3) is 3.93. The zero-order valence-corrected chi connectivity index (χ0v) is 16.1. The maximum absolute atomic E-state index is 12.9. The van der Waals surface area contributed by atoms with Crippen molar-refractivity contribution < 1.29 is 4.79 Å². The van der Waals surface area contributed by atoms with Crippen LogP contribution < -0.4 is 0 Å². The molecule has 0 unspecified atom stereocenters. The van der Waals surface area contributed by atoms with Crippen LogP contribution in [0.4, 0.5) is 0 Å². The average molecular weight is 356 g/mol. The maximum Gasteiger partial charge on any atom is 0.253 e. The molecule has 26 heavy (non-hydrogen) atoms. The van der Waals surface area contributed by atoms with E-state index in [2.05, 4.69) is 41.2 Å². The molecule has 0 bridgehead atoms. The van der Waals surface area contributed by atoms with E-state index >= 15 is 0 Å². The molecule has 1 aliphatic heterocycles. The number of hydrogen-bond acceptors (Lipinski definition) is 5. The second-order valence-corrected chi connectivity index (χ2v) is 7.23. The Morgan fingerprint density at radius 2 is 1.96 bits per heavy atom. The quantitative estimate of drug-likeness (QED) is 0.819. The molecule has 1 aromatic carbocycles. The van der Waals surface area contributed by atoms with Gasteiger partial charge < -0.3 is 4.90 Å². The number of carbonyl (C=O) groups is 1. The van der Waals surface area contributed by atoms with Gasteiger partial charge in [0.1, 0.15) is 5.82 Å². The second-order valence-electron chi connectivity index (χ2n) is 7.23. The van der Waals surface area contributed by atoms with Gasteiger partial charge in [0.05, 0.1) is 6.54 Å². The number of carbonyl (C=O) groups excluding carboxylic acids is 1. The van der Waals surface area contributed by atoms with Crippen molar-refractivity contribution in [3.8, 4) is 0 Å². The molecule has 0 spiro atoms. The van der Waals surface area contributed by atoms with Gasteiger partial charge in [-0.05, 0) is 55.3 Å². The monoisotopic (exact) mass is 356 g/mol. The Balaban J connectivity index is 1.65. The zero-order valence-electron chi connectivity index (χ0n) is 16.1. The number of aromatic nitrogens is 4. The maximum atomic E-state index is 12.9. The fraction of sp³-hybridized carbons (Fsp3) is 0.579. The van der Waals surface area contributed by atoms with Gasteiger partial charge in [-0.1, -0.05) is 19.1 Å². The van der Waals surface area contributed by atoms with Gasteiger partial charge in [0.15, 0.2) is 0 Å². The molecule has 0 N–H and O–H groups in total. The van der Waals surface area contributed by atoms with Crippen molar-refractivity contribution in [2.75, 3.05) is 19.6 Å². The Labute approximate surface area is 155 Å². The average Bonchev–Trinajstić information content (AvgIpc) is 3.05. The number of hydrogen-bond donors (Lipinski definition) is 0. The molecular weight excluding hydrogens is 328 g/mol. The molecular formula is C19H28N6O. The molecule has 1 fully saturated rings. The first kappa shape index (κ1) is 18.5. The minimum atomic E-state index is 0.122. The summed E-state index contributed by atoms with van der Waals surface area (Å²) < 4.78 is 1.74. The van der Waals surface area contributed by atoms with E-state index in [-0.39, 0.29) is 5.91 Å². The van der Waals surface area contributed by atoms with Crippen molar-refractivity contribution >= 4 is 5.91 Å². The molecule has 3 rings (SSSR count). The number of rotatable bonds is 5. The highest BCUT2D eigenvalue weighted by Gasteiger charge is 2.30. The number of tetrazole rings is 1. The second kappa shape index (κ2) is 7.95. The van der Waals surface area contributed by atoms with Crippen LogP contribution in [0.15, 0.2) is 24.3 Å². The Morgan fingerprint density at radius 1 is 1.23 bits per heavy atom. The summed E-state index contributed by atoms with van der Waals surface area (Å²) in [5.74, 6) is 0.899. The minimum absolute atomic E-state index is 0.122. The van der Waals surface area contributed by atoms with Gasteiger partial charge in [-0.15, -0.1) is 5.10 Å². The Morgan fingerprint density at radius 3 is 2.54 bits per heavy atom. The highest BCUT2D eigenvalue weighted by Crippen LogP contribution is 2.18. The standard InChI is InChI=1S/C19H28N6O/c1-5-18-13-23(10-11-24(18)14(2)3)19(26)17-8-6-16(7-9-17)12-25-15(4)20-21-22-25/h6-9,14,18H,5,10-13H2,1-4H3/t18-/m0/s1. The van der Waals surface area contributed by atoms with Crippen LogP contribution in [-0.2, 0) is 6.54 Å². The van der Waals surface area contributed by atoms with Crippen LogP contribution in [0.25, 0.3) is 0 Å². The lowest BCUT2D eigenvalue weighted by Gasteiger charge is -2.43. The van der Waals surface area contributed by atoms with E-state index in [1.165, 1.54) is 0 Å². The summed E-state index contributed by atoms with van der Waals surface area (Å²) in [5, 5.41) is 11.5. The first-order chi connectivity index (χ1) is 12.5. The summed E-state index contributed by atoms with van der Waals surface area (Å²) >= 11 is 0. The molecule has 1 atom stereocenters. The minimum Gasteiger partial charge on any atom is -0.336 e. The van der Waals surface area contributed by atoms with Crippen molar-refractivity contribution in [3.05, 3.63) is 41.2 Å². The van der Waals surface area contributed by atoms with Gasteiger partial charge in [-0.25, -0.2) is 4.68 Å². The number of benzene rings is 1. The molecule has 0 radical (unpaired) electrons. The van der Waals surface area contributed by atoms with Crippen LogP contribution in [0.1, 0.15) is 48.9 Å². The third-order valence-electron chi connectivity index (χ3n) is 5.19. The molecule has 0 aliphatic carbocycles. The van der Waals surface area contributed by atoms with Crippen molar-refractivity contribution in [2.24, 2.45) is 0 Å². The number of amides is 1. The van der Waals surface area contributed by atoms with Crippen LogP contribution in [0.5, 0.6) is 0 Å². The summed E-state index contributed by atoms with van der Waals surface area (Å²) in [6, 6.07) is 8.74. The van der Waals surface area contributed by atoms with Crippen molar-refractivity contribution in [2.45, 2.75) is 52.7 Å². The molecule has 1 amide bonds. The van der Waals surface area contributed by atoms with E-state index in [4.69, 9.17) is 0 Å². The lowest BCUT2D eigenvalue weighted by Crippen LogP contribution is -2.56. The summed E-state index contributed by atoms with van der Waals surface area (Å²) in [4.78, 5) is 17.4. The fourth-order valence-corrected chi connectivity index (χ4v) is 3.60. The van der Waals surface area contributed by atoms with Gasteiger partial charge in [0.2, 0.25) is 0 Å². The smallest absolute Gasteiger partial charge is 0.253 e. The SMILES string of the molecule is CC[C@H]1CN(C(=O)c2ccc(Cn3nnnc3C)cc2)CCN1C(C)C. The number of aryl methyl sites for hydroxylation is 1. The Kier molecular flexibility index (Phi) is 5.66. The lowest BCUT2D eigenvalue weighted by molar-refractivity contribution is 0.0371. The summed E-state index contributed by atoms with van der Waals surface area (Å²) in [6.45, 7) is 11.7. The van der Waals surface area contributed by atoms with Crippen LogP contribution in [-0.4, -0.2) is 67.6 Å². The summed E-state index contributed by atoms with van der Waals surface area (Å²) in [7, 11) is 0. The molecule has 1 aromatic heterocycles. The first-order valence-electron chi connectivity index (χ1n) is 9.36. The van der Waals surface area contributed by atoms with Crippen molar-refractivity contribution in [1.82, 2.24) is 30.0 Å². The third-order valence-corrected chi connectivity index (χ3v) is 5.19. The predicted molar refractivity (Wildman–Crippen MR) is 99.9 cm³/mol. The topological polar surface area (TPSA) is 67.2 Å². The van der Waals surface area contributed by atoms with Gasteiger partial charge in [-0.2, -0.15) is 0 Å². The molecule has 0 saturated carbocycles. The summed E-state index contributed by atoms with van der Waals surface area (Å²) in [6.07, 6.45) is 1.06. The van der Waals surface area contributed by atoms with Crippen molar-refractivity contribution in [3.63, 3.8) is 0 Å². The molecule has 7 heteroatoms. The van der Waals surface area contributed by atoms with E-state index in [0.29, 0.717) is 18.6 Å². The van der Waals surface area contributed by atoms with Gasteiger partial charge in [0.25, 0.3) is 5.91 Å². The van der Waals surface area contributed by atoms with Gasteiger partial charge >= 0.3 is 0 Å². The Hall–Kier alpha value is -2.28.